The zero-order valence-corrected chi connectivity index (χ0v) is 10.7. The molecule has 0 aliphatic heterocycles. The number of nitrogens with one attached hydrogen (secondary N) is 1. The van der Waals surface area contributed by atoms with Gasteiger partial charge in [-0.3, -0.25) is 4.79 Å². The largest absolute Gasteiger partial charge is 0.387 e. The lowest BCUT2D eigenvalue weighted by Crippen LogP contribution is -2.35. The fourth-order valence-electron chi connectivity index (χ4n) is 1.37. The predicted octanol–water partition coefficient (Wildman–Crippen LogP) is 0.807. The van der Waals surface area contributed by atoms with Crippen LogP contribution in [-0.4, -0.2) is 32.0 Å². The highest BCUT2D eigenvalue weighted by atomic mass is 16.3. The molecular weight excluding hydrogens is 220 g/mol. The normalized spacial score (nSPS) is 14.7. The molecule has 1 rings (SSSR count). The SMILES string of the molecule is CCC(O)c1cn(C(C)C(=O)NC(C)C)nn1. The smallest absolute Gasteiger partial charge is 0.244 e. The van der Waals surface area contributed by atoms with E-state index >= 15 is 0 Å². The van der Waals surface area contributed by atoms with E-state index in [0.29, 0.717) is 12.1 Å². The fourth-order valence-corrected chi connectivity index (χ4v) is 1.37. The number of hydrogen-bond donors (Lipinski definition) is 2. The number of aromatic nitrogens is 3. The van der Waals surface area contributed by atoms with Crippen molar-refractivity contribution in [1.82, 2.24) is 20.3 Å². The van der Waals surface area contributed by atoms with Gasteiger partial charge in [0.1, 0.15) is 11.7 Å². The highest BCUT2D eigenvalue weighted by Crippen LogP contribution is 2.14. The second-order valence-corrected chi connectivity index (χ2v) is 4.39. The molecule has 2 atom stereocenters. The molecule has 1 heterocycles. The Morgan fingerprint density at radius 3 is 2.71 bits per heavy atom. The number of carbonyl (C=O) groups excluding carboxylic acids is 1. The number of carbonyl (C=O) groups is 1. The van der Waals surface area contributed by atoms with Crippen molar-refractivity contribution in [3.63, 3.8) is 0 Å². The molecule has 0 saturated carbocycles. The van der Waals surface area contributed by atoms with Gasteiger partial charge in [0.2, 0.25) is 5.91 Å². The third kappa shape index (κ3) is 3.52. The van der Waals surface area contributed by atoms with Crippen molar-refractivity contribution >= 4 is 5.91 Å². The maximum absolute atomic E-state index is 11.7. The zero-order valence-electron chi connectivity index (χ0n) is 10.7. The standard InChI is InChI=1S/C11H20N4O2/c1-5-10(16)9-6-15(14-13-9)8(4)11(17)12-7(2)3/h6-8,10,16H,5H2,1-4H3,(H,12,17). The lowest BCUT2D eigenvalue weighted by Gasteiger charge is -2.14. The average Bonchev–Trinajstić information content (AvgIpc) is 2.75. The van der Waals surface area contributed by atoms with Gasteiger partial charge in [0, 0.05) is 6.04 Å². The van der Waals surface area contributed by atoms with Crippen molar-refractivity contribution < 1.29 is 9.90 Å². The van der Waals surface area contributed by atoms with Crippen molar-refractivity contribution in [3.8, 4) is 0 Å². The monoisotopic (exact) mass is 240 g/mol. The van der Waals surface area contributed by atoms with Gasteiger partial charge in [-0.05, 0) is 27.2 Å². The van der Waals surface area contributed by atoms with Gasteiger partial charge in [0.25, 0.3) is 0 Å². The van der Waals surface area contributed by atoms with Crippen LogP contribution in [0.15, 0.2) is 6.20 Å². The van der Waals surface area contributed by atoms with Gasteiger partial charge in [0.05, 0.1) is 12.3 Å². The van der Waals surface area contributed by atoms with Crippen LogP contribution in [0.1, 0.15) is 52.0 Å². The zero-order chi connectivity index (χ0) is 13.0. The Balaban J connectivity index is 2.72. The van der Waals surface area contributed by atoms with Crippen LogP contribution in [0.5, 0.6) is 0 Å². The molecule has 2 N–H and O–H groups in total. The van der Waals surface area contributed by atoms with E-state index in [0.717, 1.165) is 0 Å². The number of rotatable bonds is 5. The van der Waals surface area contributed by atoms with Crippen LogP contribution < -0.4 is 5.32 Å². The van der Waals surface area contributed by atoms with Gasteiger partial charge < -0.3 is 10.4 Å². The van der Waals surface area contributed by atoms with E-state index in [-0.39, 0.29) is 11.9 Å². The van der Waals surface area contributed by atoms with Crippen LogP contribution in [0.4, 0.5) is 0 Å². The lowest BCUT2D eigenvalue weighted by atomic mass is 10.2. The summed E-state index contributed by atoms with van der Waals surface area (Å²) in [5.41, 5.74) is 0.497. The van der Waals surface area contributed by atoms with Gasteiger partial charge >= 0.3 is 0 Å². The Morgan fingerprint density at radius 2 is 2.18 bits per heavy atom. The number of hydrogen-bond acceptors (Lipinski definition) is 4. The van der Waals surface area contributed by atoms with Gasteiger partial charge in [-0.25, -0.2) is 4.68 Å². The molecule has 0 aliphatic rings. The molecule has 0 fully saturated rings. The Bertz CT molecular complexity index is 375. The fraction of sp³-hybridized carbons (Fsp3) is 0.727. The summed E-state index contributed by atoms with van der Waals surface area (Å²) in [5, 5.41) is 20.1. The third-order valence-electron chi connectivity index (χ3n) is 2.46. The molecule has 0 spiro atoms. The summed E-state index contributed by atoms with van der Waals surface area (Å²) in [5.74, 6) is -0.109. The summed E-state index contributed by atoms with van der Waals surface area (Å²) >= 11 is 0. The molecule has 1 aromatic heterocycles. The number of aliphatic hydroxyl groups excluding tert-OH is 1. The summed E-state index contributed by atoms with van der Waals surface area (Å²) in [6.07, 6.45) is 1.56. The molecule has 0 aliphatic carbocycles. The third-order valence-corrected chi connectivity index (χ3v) is 2.46. The van der Waals surface area contributed by atoms with E-state index in [4.69, 9.17) is 0 Å². The van der Waals surface area contributed by atoms with Gasteiger partial charge in [-0.2, -0.15) is 0 Å². The minimum atomic E-state index is -0.621. The van der Waals surface area contributed by atoms with Gasteiger partial charge in [-0.1, -0.05) is 12.1 Å². The lowest BCUT2D eigenvalue weighted by molar-refractivity contribution is -0.124. The molecule has 0 radical (unpaired) electrons. The van der Waals surface area contributed by atoms with Gasteiger partial charge in [0.15, 0.2) is 0 Å². The molecule has 6 nitrogen and oxygen atoms in total. The molecule has 1 amide bonds. The van der Waals surface area contributed by atoms with E-state index in [1.54, 1.807) is 13.1 Å². The first-order chi connectivity index (χ1) is 7.95. The van der Waals surface area contributed by atoms with Crippen molar-refractivity contribution in [2.24, 2.45) is 0 Å². The number of aliphatic hydroxyl groups is 1. The topological polar surface area (TPSA) is 80.0 Å². The van der Waals surface area contributed by atoms with Crippen LogP contribution in [0.3, 0.4) is 0 Å². The van der Waals surface area contributed by atoms with Crippen LogP contribution in [0.25, 0.3) is 0 Å². The molecular formula is C11H20N4O2. The van der Waals surface area contributed by atoms with E-state index in [1.807, 2.05) is 20.8 Å². The molecule has 17 heavy (non-hydrogen) atoms. The summed E-state index contributed by atoms with van der Waals surface area (Å²) in [6, 6.07) is -0.336. The highest BCUT2D eigenvalue weighted by Gasteiger charge is 2.18. The quantitative estimate of drug-likeness (QED) is 0.798. The second-order valence-electron chi connectivity index (χ2n) is 4.39. The molecule has 0 saturated heterocycles. The summed E-state index contributed by atoms with van der Waals surface area (Å²) in [7, 11) is 0. The van der Waals surface area contributed by atoms with E-state index < -0.39 is 12.1 Å². The molecule has 0 bridgehead atoms. The Labute approximate surface area is 101 Å². The van der Waals surface area contributed by atoms with Crippen molar-refractivity contribution in [2.75, 3.05) is 0 Å². The predicted molar refractivity (Wildman–Crippen MR) is 63.3 cm³/mol. The van der Waals surface area contributed by atoms with Crippen LogP contribution >= 0.6 is 0 Å². The molecule has 96 valence electrons. The van der Waals surface area contributed by atoms with Crippen LogP contribution in [-0.2, 0) is 4.79 Å². The summed E-state index contributed by atoms with van der Waals surface area (Å²) in [6.45, 7) is 7.41. The Hall–Kier alpha value is -1.43. The highest BCUT2D eigenvalue weighted by molar-refractivity contribution is 5.79. The van der Waals surface area contributed by atoms with E-state index in [1.165, 1.54) is 4.68 Å². The summed E-state index contributed by atoms with van der Waals surface area (Å²) in [4.78, 5) is 11.7. The minimum absolute atomic E-state index is 0.0918. The van der Waals surface area contributed by atoms with Crippen molar-refractivity contribution in [1.29, 1.82) is 0 Å². The van der Waals surface area contributed by atoms with Crippen LogP contribution in [0, 0.1) is 0 Å². The first-order valence-corrected chi connectivity index (χ1v) is 5.85. The first kappa shape index (κ1) is 13.6. The maximum Gasteiger partial charge on any atom is 0.244 e. The van der Waals surface area contributed by atoms with E-state index in [2.05, 4.69) is 15.6 Å². The molecule has 6 heteroatoms. The minimum Gasteiger partial charge on any atom is -0.387 e. The molecule has 0 aromatic carbocycles. The first-order valence-electron chi connectivity index (χ1n) is 5.85. The number of nitrogens with zero attached hydrogens (tertiary/aromatic N) is 3. The number of amides is 1. The van der Waals surface area contributed by atoms with Crippen LogP contribution in [0.2, 0.25) is 0 Å². The Morgan fingerprint density at radius 1 is 1.53 bits per heavy atom. The average molecular weight is 240 g/mol. The molecule has 2 unspecified atom stereocenters. The second kappa shape index (κ2) is 5.77. The Kier molecular flexibility index (Phi) is 4.62. The van der Waals surface area contributed by atoms with Gasteiger partial charge in [-0.15, -0.1) is 5.10 Å². The van der Waals surface area contributed by atoms with Crippen molar-refractivity contribution in [3.05, 3.63) is 11.9 Å². The van der Waals surface area contributed by atoms with E-state index in [9.17, 15) is 9.90 Å². The summed E-state index contributed by atoms with van der Waals surface area (Å²) < 4.78 is 1.46. The maximum atomic E-state index is 11.7. The molecule has 1 aromatic rings. The van der Waals surface area contributed by atoms with Crippen molar-refractivity contribution in [2.45, 2.75) is 52.3 Å².